The molecule has 1 N–H and O–H groups in total. The maximum Gasteiger partial charge on any atom is 0.407 e. The number of carbonyl (C=O) groups excluding carboxylic acids is 1. The molecule has 1 fully saturated rings. The van der Waals surface area contributed by atoms with E-state index >= 15 is 0 Å². The van der Waals surface area contributed by atoms with E-state index in [1.165, 1.54) is 6.07 Å². The summed E-state index contributed by atoms with van der Waals surface area (Å²) >= 11 is 0. The van der Waals surface area contributed by atoms with Crippen molar-refractivity contribution in [1.82, 2.24) is 5.32 Å². The molecule has 1 heterocycles. The molecule has 1 aliphatic heterocycles. The zero-order chi connectivity index (χ0) is 10.1. The van der Waals surface area contributed by atoms with E-state index in [0.717, 1.165) is 5.56 Å². The lowest BCUT2D eigenvalue weighted by Gasteiger charge is -2.08. The van der Waals surface area contributed by atoms with Gasteiger partial charge in [-0.3, -0.25) is 0 Å². The quantitative estimate of drug-likeness (QED) is 0.743. The lowest BCUT2D eigenvalue weighted by atomic mass is 10.1. The van der Waals surface area contributed by atoms with Crippen molar-refractivity contribution >= 4 is 6.09 Å². The Hall–Kier alpha value is -1.58. The first-order valence-corrected chi connectivity index (χ1v) is 4.36. The number of halogens is 1. The van der Waals surface area contributed by atoms with E-state index in [9.17, 15) is 9.18 Å². The molecule has 0 unspecified atom stereocenters. The molecule has 3 nitrogen and oxygen atoms in total. The molecule has 0 radical (unpaired) electrons. The molecule has 0 saturated carbocycles. The van der Waals surface area contributed by atoms with Crippen LogP contribution < -0.4 is 5.32 Å². The van der Waals surface area contributed by atoms with Gasteiger partial charge in [-0.05, 0) is 18.6 Å². The van der Waals surface area contributed by atoms with Crippen LogP contribution in [-0.4, -0.2) is 12.7 Å². The van der Waals surface area contributed by atoms with E-state index in [1.54, 1.807) is 6.07 Å². The van der Waals surface area contributed by atoms with Gasteiger partial charge in [0.15, 0.2) is 0 Å². The summed E-state index contributed by atoms with van der Waals surface area (Å²) in [7, 11) is 0. The Labute approximate surface area is 80.9 Å². The van der Waals surface area contributed by atoms with Crippen LogP contribution in [0.5, 0.6) is 0 Å². The van der Waals surface area contributed by atoms with E-state index in [0.29, 0.717) is 5.56 Å². The summed E-state index contributed by atoms with van der Waals surface area (Å²) in [6, 6.07) is 4.57. The van der Waals surface area contributed by atoms with E-state index in [-0.39, 0.29) is 18.5 Å². The van der Waals surface area contributed by atoms with Crippen molar-refractivity contribution in [2.45, 2.75) is 13.0 Å². The molecule has 2 rings (SSSR count). The van der Waals surface area contributed by atoms with Crippen LogP contribution in [0.4, 0.5) is 9.18 Å². The number of alkyl carbamates (subject to hydrolysis) is 1. The van der Waals surface area contributed by atoms with E-state index in [4.69, 9.17) is 0 Å². The third-order valence-electron chi connectivity index (χ3n) is 2.20. The van der Waals surface area contributed by atoms with Crippen molar-refractivity contribution in [3.63, 3.8) is 0 Å². The van der Waals surface area contributed by atoms with Gasteiger partial charge in [0.1, 0.15) is 12.4 Å². The van der Waals surface area contributed by atoms with Gasteiger partial charge in [0.2, 0.25) is 0 Å². The highest BCUT2D eigenvalue weighted by Gasteiger charge is 2.25. The summed E-state index contributed by atoms with van der Waals surface area (Å²) in [5.41, 5.74) is 1.33. The van der Waals surface area contributed by atoms with Crippen LogP contribution >= 0.6 is 0 Å². The minimum Gasteiger partial charge on any atom is -0.447 e. The molecular formula is C10H10FNO2. The number of aryl methyl sites for hydroxylation is 1. The van der Waals surface area contributed by atoms with Gasteiger partial charge in [-0.1, -0.05) is 12.1 Å². The Kier molecular flexibility index (Phi) is 2.11. The minimum atomic E-state index is -0.491. The van der Waals surface area contributed by atoms with Crippen LogP contribution in [0.3, 0.4) is 0 Å². The molecule has 1 aromatic carbocycles. The molecule has 1 saturated heterocycles. The maximum atomic E-state index is 13.4. The summed E-state index contributed by atoms with van der Waals surface area (Å²) in [4.78, 5) is 10.7. The van der Waals surface area contributed by atoms with Crippen LogP contribution in [0.15, 0.2) is 18.2 Å². The van der Waals surface area contributed by atoms with Crippen LogP contribution in [0.2, 0.25) is 0 Å². The molecule has 1 aromatic rings. The predicted octanol–water partition coefficient (Wildman–Crippen LogP) is 1.92. The monoisotopic (exact) mass is 195 g/mol. The Bertz CT molecular complexity index is 378. The molecule has 74 valence electrons. The molecule has 0 aromatic heterocycles. The Morgan fingerprint density at radius 1 is 1.57 bits per heavy atom. The van der Waals surface area contributed by atoms with Gasteiger partial charge in [-0.2, -0.15) is 0 Å². The van der Waals surface area contributed by atoms with Crippen molar-refractivity contribution in [3.05, 3.63) is 35.1 Å². The molecule has 0 spiro atoms. The topological polar surface area (TPSA) is 38.3 Å². The first-order chi connectivity index (χ1) is 6.66. The van der Waals surface area contributed by atoms with Gasteiger partial charge in [0.25, 0.3) is 0 Å². The van der Waals surface area contributed by atoms with Crippen LogP contribution in [-0.2, 0) is 4.74 Å². The van der Waals surface area contributed by atoms with E-state index in [1.807, 2.05) is 13.0 Å². The Morgan fingerprint density at radius 2 is 2.36 bits per heavy atom. The van der Waals surface area contributed by atoms with Gasteiger partial charge in [-0.25, -0.2) is 9.18 Å². The highest BCUT2D eigenvalue weighted by atomic mass is 19.1. The standard InChI is InChI=1S/C10H10FNO2/c1-6-2-3-7(8(11)4-6)9-5-14-10(13)12-9/h2-4,9H,5H2,1H3,(H,12,13)/t9-/m0/s1. The number of ether oxygens (including phenoxy) is 1. The fraction of sp³-hybridized carbons (Fsp3) is 0.300. The number of amides is 1. The summed E-state index contributed by atoms with van der Waals surface area (Å²) < 4.78 is 18.1. The smallest absolute Gasteiger partial charge is 0.407 e. The number of hydrogen-bond donors (Lipinski definition) is 1. The SMILES string of the molecule is Cc1ccc([C@@H]2COC(=O)N2)c(F)c1. The van der Waals surface area contributed by atoms with Gasteiger partial charge in [0, 0.05) is 5.56 Å². The normalized spacial score (nSPS) is 20.4. The Morgan fingerprint density at radius 3 is 2.93 bits per heavy atom. The number of carbonyl (C=O) groups is 1. The second-order valence-corrected chi connectivity index (χ2v) is 3.32. The van der Waals surface area contributed by atoms with Gasteiger partial charge < -0.3 is 10.1 Å². The summed E-state index contributed by atoms with van der Waals surface area (Å²) in [5.74, 6) is -0.305. The molecule has 14 heavy (non-hydrogen) atoms. The predicted molar refractivity (Wildman–Crippen MR) is 48.4 cm³/mol. The molecule has 1 aliphatic rings. The fourth-order valence-corrected chi connectivity index (χ4v) is 1.47. The first-order valence-electron chi connectivity index (χ1n) is 4.36. The molecular weight excluding hydrogens is 185 g/mol. The second-order valence-electron chi connectivity index (χ2n) is 3.32. The van der Waals surface area contributed by atoms with Crippen molar-refractivity contribution < 1.29 is 13.9 Å². The second kappa shape index (κ2) is 3.29. The number of nitrogens with one attached hydrogen (secondary N) is 1. The number of hydrogen-bond acceptors (Lipinski definition) is 2. The van der Waals surface area contributed by atoms with Crippen LogP contribution in [0.25, 0.3) is 0 Å². The van der Waals surface area contributed by atoms with E-state index < -0.39 is 6.09 Å². The van der Waals surface area contributed by atoms with Gasteiger partial charge >= 0.3 is 6.09 Å². The average molecular weight is 195 g/mol. The van der Waals surface area contributed by atoms with Crippen molar-refractivity contribution in [3.8, 4) is 0 Å². The largest absolute Gasteiger partial charge is 0.447 e. The van der Waals surface area contributed by atoms with Gasteiger partial charge in [-0.15, -0.1) is 0 Å². The summed E-state index contributed by atoms with van der Waals surface area (Å²) in [6.07, 6.45) is -0.491. The maximum absolute atomic E-state index is 13.4. The van der Waals surface area contributed by atoms with Crippen molar-refractivity contribution in [2.75, 3.05) is 6.61 Å². The Balaban J connectivity index is 2.28. The zero-order valence-electron chi connectivity index (χ0n) is 7.71. The summed E-state index contributed by atoms with van der Waals surface area (Å²) in [5, 5.41) is 2.53. The lowest BCUT2D eigenvalue weighted by Crippen LogP contribution is -2.19. The van der Waals surface area contributed by atoms with E-state index in [2.05, 4.69) is 10.1 Å². The molecule has 4 heteroatoms. The van der Waals surface area contributed by atoms with Crippen LogP contribution in [0.1, 0.15) is 17.2 Å². The summed E-state index contributed by atoms with van der Waals surface area (Å²) in [6.45, 7) is 2.01. The first kappa shape index (κ1) is 8.99. The highest BCUT2D eigenvalue weighted by Crippen LogP contribution is 2.21. The molecule has 1 amide bonds. The third kappa shape index (κ3) is 1.55. The molecule has 0 bridgehead atoms. The number of rotatable bonds is 1. The molecule has 0 aliphatic carbocycles. The number of benzene rings is 1. The molecule has 1 atom stereocenters. The fourth-order valence-electron chi connectivity index (χ4n) is 1.47. The van der Waals surface area contributed by atoms with Crippen molar-refractivity contribution in [2.24, 2.45) is 0 Å². The van der Waals surface area contributed by atoms with Gasteiger partial charge in [0.05, 0.1) is 6.04 Å². The zero-order valence-corrected chi connectivity index (χ0v) is 7.71. The minimum absolute atomic E-state index is 0.193. The lowest BCUT2D eigenvalue weighted by molar-refractivity contribution is 0.177. The van der Waals surface area contributed by atoms with Crippen LogP contribution in [0, 0.1) is 12.7 Å². The highest BCUT2D eigenvalue weighted by molar-refractivity contribution is 5.70. The third-order valence-corrected chi connectivity index (χ3v) is 2.20. The number of cyclic esters (lactones) is 1. The average Bonchev–Trinajstić information content (AvgIpc) is 2.51. The van der Waals surface area contributed by atoms with Crippen molar-refractivity contribution in [1.29, 1.82) is 0 Å².